The maximum absolute atomic E-state index is 6.09. The number of ether oxygens (including phenoxy) is 1. The van der Waals surface area contributed by atoms with Crippen LogP contribution in [0.5, 0.6) is 5.75 Å². The molecule has 3 nitrogen and oxygen atoms in total. The van der Waals surface area contributed by atoms with E-state index in [0.717, 1.165) is 48.7 Å². The summed E-state index contributed by atoms with van der Waals surface area (Å²) in [5, 5.41) is 8.41. The second kappa shape index (κ2) is 7.15. The van der Waals surface area contributed by atoms with Gasteiger partial charge in [0.1, 0.15) is 5.75 Å². The molecule has 2 saturated carbocycles. The molecule has 0 aromatic heterocycles. The predicted molar refractivity (Wildman–Crippen MR) is 116 cm³/mol. The Morgan fingerprint density at radius 2 is 2.03 bits per heavy atom. The Morgan fingerprint density at radius 3 is 2.83 bits per heavy atom. The molecule has 0 N–H and O–H groups in total. The van der Waals surface area contributed by atoms with Crippen LogP contribution in [0.15, 0.2) is 28.4 Å². The Labute approximate surface area is 175 Å². The van der Waals surface area contributed by atoms with Crippen molar-refractivity contribution in [1.29, 1.82) is 0 Å². The topological polar surface area (TPSA) is 34.0 Å². The first kappa shape index (κ1) is 19.2. The van der Waals surface area contributed by atoms with Gasteiger partial charge in [0.2, 0.25) is 0 Å². The first-order valence-corrected chi connectivity index (χ1v) is 11.7. The lowest BCUT2D eigenvalue weighted by Crippen LogP contribution is -2.41. The van der Waals surface area contributed by atoms with E-state index in [1.54, 1.807) is 5.56 Å². The van der Waals surface area contributed by atoms with Crippen LogP contribution in [-0.2, 0) is 6.42 Å². The lowest BCUT2D eigenvalue weighted by atomic mass is 9.54. The molecule has 154 valence electrons. The highest BCUT2D eigenvalue weighted by Gasteiger charge is 2.53. The Hall–Kier alpha value is -1.82. The number of nitrogens with zero attached hydrogens (tertiary/aromatic N) is 2. The average Bonchev–Trinajstić information content (AvgIpc) is 3.43. The number of hydrogen-bond acceptors (Lipinski definition) is 3. The fourth-order valence-corrected chi connectivity index (χ4v) is 6.91. The number of fused-ring (bicyclic) bond motifs is 5. The fourth-order valence-electron chi connectivity index (χ4n) is 6.91. The van der Waals surface area contributed by atoms with E-state index in [2.05, 4.69) is 48.2 Å². The zero-order valence-electron chi connectivity index (χ0n) is 18.0. The molecule has 0 unspecified atom stereocenters. The summed E-state index contributed by atoms with van der Waals surface area (Å²) in [7, 11) is 0. The van der Waals surface area contributed by atoms with Crippen LogP contribution in [0.3, 0.4) is 0 Å². The van der Waals surface area contributed by atoms with E-state index in [-0.39, 0.29) is 5.66 Å². The highest BCUT2D eigenvalue weighted by atomic mass is 16.5. The van der Waals surface area contributed by atoms with E-state index >= 15 is 0 Å². The van der Waals surface area contributed by atoms with Gasteiger partial charge in [-0.2, -0.15) is 10.2 Å². The van der Waals surface area contributed by atoms with Crippen molar-refractivity contribution in [2.45, 2.75) is 83.2 Å². The number of rotatable bonds is 6. The van der Waals surface area contributed by atoms with Crippen molar-refractivity contribution in [3.05, 3.63) is 29.3 Å². The third-order valence-electron chi connectivity index (χ3n) is 9.00. The highest BCUT2D eigenvalue weighted by molar-refractivity contribution is 5.40. The Balaban J connectivity index is 1.24. The summed E-state index contributed by atoms with van der Waals surface area (Å²) in [5.74, 6) is 7.20. The summed E-state index contributed by atoms with van der Waals surface area (Å²) < 4.78 is 6.09. The van der Waals surface area contributed by atoms with Gasteiger partial charge < -0.3 is 4.74 Å². The first-order chi connectivity index (χ1) is 14.0. The summed E-state index contributed by atoms with van der Waals surface area (Å²) in [6.07, 6.45) is 16.0. The van der Waals surface area contributed by atoms with Gasteiger partial charge in [-0.3, -0.25) is 0 Å². The monoisotopic (exact) mass is 390 g/mol. The van der Waals surface area contributed by atoms with Gasteiger partial charge in [-0.1, -0.05) is 19.9 Å². The summed E-state index contributed by atoms with van der Waals surface area (Å²) in [4.78, 5) is 0. The van der Waals surface area contributed by atoms with Gasteiger partial charge in [0.15, 0.2) is 5.66 Å². The van der Waals surface area contributed by atoms with Gasteiger partial charge in [-0.25, -0.2) is 0 Å². The molecule has 0 bridgehead atoms. The molecule has 3 aliphatic carbocycles. The van der Waals surface area contributed by atoms with Crippen molar-refractivity contribution in [2.24, 2.45) is 33.4 Å². The maximum atomic E-state index is 6.09. The smallest absolute Gasteiger partial charge is 0.195 e. The minimum Gasteiger partial charge on any atom is -0.493 e. The average molecular weight is 391 g/mol. The molecule has 0 spiro atoms. The van der Waals surface area contributed by atoms with E-state index in [0.29, 0.717) is 12.0 Å². The first-order valence-electron chi connectivity index (χ1n) is 11.7. The standard InChI is InChI=1S/C26H34N2O/c1-4-5-13-26(27-28-26)15-16-29-20-8-10-21-19(17-20)7-9-23-22(21)12-14-25(3)18(2)6-11-24(23)25/h1,8,10,17-18,22-24H,5-7,9,11-16H2,2-3H3/t18-,22+,23+,24-,25+/m0/s1. The largest absolute Gasteiger partial charge is 0.493 e. The van der Waals surface area contributed by atoms with Crippen LogP contribution in [0, 0.1) is 35.5 Å². The van der Waals surface area contributed by atoms with Crippen LogP contribution in [0.25, 0.3) is 0 Å². The second-order valence-corrected chi connectivity index (χ2v) is 10.3. The molecule has 1 aromatic rings. The van der Waals surface area contributed by atoms with E-state index in [4.69, 9.17) is 11.2 Å². The van der Waals surface area contributed by atoms with Gasteiger partial charge in [0.25, 0.3) is 0 Å². The Morgan fingerprint density at radius 1 is 1.17 bits per heavy atom. The molecule has 29 heavy (non-hydrogen) atoms. The van der Waals surface area contributed by atoms with Crippen LogP contribution in [0.4, 0.5) is 0 Å². The van der Waals surface area contributed by atoms with Crippen molar-refractivity contribution in [2.75, 3.05) is 6.61 Å². The summed E-state index contributed by atoms with van der Waals surface area (Å²) in [6, 6.07) is 6.88. The third kappa shape index (κ3) is 3.29. The van der Waals surface area contributed by atoms with Gasteiger partial charge >= 0.3 is 0 Å². The molecule has 1 heterocycles. The molecular formula is C26H34N2O. The van der Waals surface area contributed by atoms with Crippen molar-refractivity contribution < 1.29 is 4.74 Å². The highest BCUT2D eigenvalue weighted by Crippen LogP contribution is 2.62. The molecule has 2 fully saturated rings. The molecule has 5 rings (SSSR count). The molecule has 1 aromatic carbocycles. The third-order valence-corrected chi connectivity index (χ3v) is 9.00. The number of hydrogen-bond donors (Lipinski definition) is 0. The predicted octanol–water partition coefficient (Wildman–Crippen LogP) is 6.52. The summed E-state index contributed by atoms with van der Waals surface area (Å²) in [6.45, 7) is 5.74. The second-order valence-electron chi connectivity index (χ2n) is 10.3. The van der Waals surface area contributed by atoms with Crippen LogP contribution in [0.1, 0.15) is 82.3 Å². The lowest BCUT2D eigenvalue weighted by Gasteiger charge is -2.50. The van der Waals surface area contributed by atoms with Crippen LogP contribution in [0.2, 0.25) is 0 Å². The Bertz CT molecular complexity index is 847. The zero-order chi connectivity index (χ0) is 20.1. The fraction of sp³-hybridized carbons (Fsp3) is 0.692. The molecule has 1 aliphatic heterocycles. The van der Waals surface area contributed by atoms with Crippen molar-refractivity contribution >= 4 is 0 Å². The molecule has 5 atom stereocenters. The molecule has 3 heteroatoms. The molecule has 0 saturated heterocycles. The van der Waals surface area contributed by atoms with Crippen LogP contribution in [-0.4, -0.2) is 12.3 Å². The van der Waals surface area contributed by atoms with E-state index in [1.807, 2.05) is 0 Å². The zero-order valence-corrected chi connectivity index (χ0v) is 18.0. The summed E-state index contributed by atoms with van der Waals surface area (Å²) >= 11 is 0. The van der Waals surface area contributed by atoms with Gasteiger partial charge in [-0.15, -0.1) is 12.3 Å². The summed E-state index contributed by atoms with van der Waals surface area (Å²) in [5.41, 5.74) is 3.49. The Kier molecular flexibility index (Phi) is 4.72. The van der Waals surface area contributed by atoms with Crippen LogP contribution >= 0.6 is 0 Å². The van der Waals surface area contributed by atoms with Gasteiger partial charge in [-0.05, 0) is 90.9 Å². The molecule has 0 radical (unpaired) electrons. The molecular weight excluding hydrogens is 356 g/mol. The van der Waals surface area contributed by atoms with Crippen molar-refractivity contribution in [3.63, 3.8) is 0 Å². The van der Waals surface area contributed by atoms with E-state index < -0.39 is 0 Å². The van der Waals surface area contributed by atoms with Crippen molar-refractivity contribution in [3.8, 4) is 18.1 Å². The molecule has 0 amide bonds. The number of aryl methyl sites for hydroxylation is 1. The SMILES string of the molecule is C#CCCC1(CCOc2ccc3c(c2)CC[C@@H]2[C@@H]3CC[C@]3(C)[C@@H](C)CC[C@@H]23)N=N1. The minimum atomic E-state index is -0.249. The van der Waals surface area contributed by atoms with Gasteiger partial charge in [0, 0.05) is 19.3 Å². The molecule has 4 aliphatic rings. The van der Waals surface area contributed by atoms with Gasteiger partial charge in [0.05, 0.1) is 6.61 Å². The minimum absolute atomic E-state index is 0.249. The number of terminal acetylenes is 1. The normalized spacial score (nSPS) is 35.9. The number of benzene rings is 1. The maximum Gasteiger partial charge on any atom is 0.195 e. The van der Waals surface area contributed by atoms with E-state index in [1.165, 1.54) is 44.1 Å². The van der Waals surface area contributed by atoms with E-state index in [9.17, 15) is 0 Å². The quantitative estimate of drug-likeness (QED) is 0.509. The lowest BCUT2D eigenvalue weighted by molar-refractivity contribution is 0.0336. The van der Waals surface area contributed by atoms with Crippen molar-refractivity contribution in [1.82, 2.24) is 0 Å². The van der Waals surface area contributed by atoms with Crippen LogP contribution < -0.4 is 4.74 Å².